The molecule has 2 aromatic rings. The number of hydrogen-bond donors (Lipinski definition) is 1. The highest BCUT2D eigenvalue weighted by atomic mass is 79.9. The van der Waals surface area contributed by atoms with Gasteiger partial charge in [-0.25, -0.2) is 0 Å². The molecule has 0 aliphatic rings. The molecule has 104 valence electrons. The number of methoxy groups -OCH3 is 1. The van der Waals surface area contributed by atoms with Crippen molar-refractivity contribution in [3.63, 3.8) is 0 Å². The van der Waals surface area contributed by atoms with Gasteiger partial charge in [-0.3, -0.25) is 4.79 Å². The lowest BCUT2D eigenvalue weighted by atomic mass is 10.2. The van der Waals surface area contributed by atoms with E-state index in [9.17, 15) is 4.79 Å². The number of anilines is 1. The molecule has 20 heavy (non-hydrogen) atoms. The first-order chi connectivity index (χ1) is 9.52. The molecule has 0 saturated heterocycles. The second-order valence-corrected chi connectivity index (χ2v) is 5.62. The number of thiol groups is 1. The number of amides is 1. The second kappa shape index (κ2) is 6.33. The average Bonchev–Trinajstić information content (AvgIpc) is 2.46. The molecule has 0 radical (unpaired) electrons. The summed E-state index contributed by atoms with van der Waals surface area (Å²) >= 11 is 7.71. The lowest BCUT2D eigenvalue weighted by Crippen LogP contribution is -2.26. The maximum Gasteiger partial charge on any atom is 0.259 e. The molecular weight excluding hydrogens is 338 g/mol. The number of ether oxygens (including phenoxy) is 1. The summed E-state index contributed by atoms with van der Waals surface area (Å²) in [4.78, 5) is 14.7. The van der Waals surface area contributed by atoms with Gasteiger partial charge in [0.1, 0.15) is 5.75 Å². The third kappa shape index (κ3) is 3.16. The van der Waals surface area contributed by atoms with E-state index in [4.69, 9.17) is 4.74 Å². The fourth-order valence-corrected chi connectivity index (χ4v) is 2.65. The molecule has 0 bridgehead atoms. The zero-order chi connectivity index (χ0) is 14.7. The Balaban J connectivity index is 2.32. The summed E-state index contributed by atoms with van der Waals surface area (Å²) in [6.45, 7) is 0. The van der Waals surface area contributed by atoms with Gasteiger partial charge < -0.3 is 9.64 Å². The van der Waals surface area contributed by atoms with Crippen LogP contribution in [0.25, 0.3) is 0 Å². The van der Waals surface area contributed by atoms with Crippen LogP contribution < -0.4 is 9.64 Å². The van der Waals surface area contributed by atoms with Crippen LogP contribution in [-0.2, 0) is 0 Å². The van der Waals surface area contributed by atoms with Crippen molar-refractivity contribution in [2.75, 3.05) is 19.1 Å². The van der Waals surface area contributed by atoms with E-state index in [2.05, 4.69) is 28.6 Å². The molecule has 0 aliphatic carbocycles. The molecule has 2 rings (SSSR count). The van der Waals surface area contributed by atoms with Gasteiger partial charge in [0.05, 0.1) is 12.7 Å². The van der Waals surface area contributed by atoms with Crippen LogP contribution in [-0.4, -0.2) is 20.1 Å². The summed E-state index contributed by atoms with van der Waals surface area (Å²) in [5, 5.41) is 0. The Kier molecular flexibility index (Phi) is 4.73. The molecule has 0 fully saturated rings. The van der Waals surface area contributed by atoms with E-state index < -0.39 is 0 Å². The van der Waals surface area contributed by atoms with E-state index in [1.165, 1.54) is 0 Å². The Morgan fingerprint density at radius 3 is 2.65 bits per heavy atom. The predicted octanol–water partition coefficient (Wildman–Crippen LogP) is 4.02. The molecule has 2 aromatic carbocycles. The molecule has 0 atom stereocenters. The molecule has 0 N–H and O–H groups in total. The summed E-state index contributed by atoms with van der Waals surface area (Å²) in [6.07, 6.45) is 0. The van der Waals surface area contributed by atoms with Gasteiger partial charge in [0.25, 0.3) is 5.91 Å². The predicted molar refractivity (Wildman–Crippen MR) is 87.1 cm³/mol. The summed E-state index contributed by atoms with van der Waals surface area (Å²) in [5.74, 6) is 0.597. The lowest BCUT2D eigenvalue weighted by Gasteiger charge is -2.19. The molecule has 0 heterocycles. The van der Waals surface area contributed by atoms with Crippen molar-refractivity contribution in [3.05, 3.63) is 52.5 Å². The Morgan fingerprint density at radius 1 is 1.25 bits per heavy atom. The van der Waals surface area contributed by atoms with Crippen LogP contribution >= 0.6 is 28.6 Å². The Morgan fingerprint density at radius 2 is 2.00 bits per heavy atom. The molecule has 0 aliphatic heterocycles. The van der Waals surface area contributed by atoms with Crippen molar-refractivity contribution in [3.8, 4) is 5.75 Å². The van der Waals surface area contributed by atoms with Gasteiger partial charge in [-0.05, 0) is 30.3 Å². The summed E-state index contributed by atoms with van der Waals surface area (Å²) in [5.41, 5.74) is 1.33. The summed E-state index contributed by atoms with van der Waals surface area (Å²) in [6, 6.07) is 12.7. The number of benzene rings is 2. The minimum absolute atomic E-state index is 0.115. The molecule has 0 saturated carbocycles. The van der Waals surface area contributed by atoms with E-state index in [1.54, 1.807) is 31.2 Å². The van der Waals surface area contributed by atoms with Crippen LogP contribution in [0.3, 0.4) is 0 Å². The molecule has 1 amide bonds. The van der Waals surface area contributed by atoms with Crippen LogP contribution in [0.15, 0.2) is 51.8 Å². The largest absolute Gasteiger partial charge is 0.497 e. The minimum Gasteiger partial charge on any atom is -0.497 e. The van der Waals surface area contributed by atoms with Crippen molar-refractivity contribution >= 4 is 40.2 Å². The highest BCUT2D eigenvalue weighted by Crippen LogP contribution is 2.25. The fraction of sp³-hybridized carbons (Fsp3) is 0.133. The van der Waals surface area contributed by atoms with Gasteiger partial charge in [-0.15, -0.1) is 12.6 Å². The highest BCUT2D eigenvalue weighted by Gasteiger charge is 2.16. The molecule has 3 nitrogen and oxygen atoms in total. The fourth-order valence-electron chi connectivity index (χ4n) is 1.80. The summed E-state index contributed by atoms with van der Waals surface area (Å²) in [7, 11) is 3.33. The van der Waals surface area contributed by atoms with Gasteiger partial charge in [0.15, 0.2) is 0 Å². The smallest absolute Gasteiger partial charge is 0.259 e. The third-order valence-electron chi connectivity index (χ3n) is 2.94. The highest BCUT2D eigenvalue weighted by molar-refractivity contribution is 9.10. The van der Waals surface area contributed by atoms with Crippen molar-refractivity contribution in [1.82, 2.24) is 0 Å². The monoisotopic (exact) mass is 351 g/mol. The van der Waals surface area contributed by atoms with Crippen molar-refractivity contribution in [1.29, 1.82) is 0 Å². The maximum absolute atomic E-state index is 12.5. The number of carbonyl (C=O) groups is 1. The molecule has 0 aromatic heterocycles. The average molecular weight is 352 g/mol. The minimum atomic E-state index is -0.115. The van der Waals surface area contributed by atoms with Gasteiger partial charge in [-0.1, -0.05) is 22.0 Å². The van der Waals surface area contributed by atoms with Gasteiger partial charge in [0, 0.05) is 28.2 Å². The Hall–Kier alpha value is -1.46. The zero-order valence-electron chi connectivity index (χ0n) is 11.1. The van der Waals surface area contributed by atoms with Crippen LogP contribution in [0.5, 0.6) is 5.75 Å². The maximum atomic E-state index is 12.5. The van der Waals surface area contributed by atoms with E-state index in [1.807, 2.05) is 30.3 Å². The second-order valence-electron chi connectivity index (χ2n) is 4.23. The number of nitrogens with zero attached hydrogens (tertiary/aromatic N) is 1. The number of carbonyl (C=O) groups excluding carboxylic acids is 1. The first-order valence-corrected chi connectivity index (χ1v) is 7.17. The van der Waals surface area contributed by atoms with Crippen LogP contribution in [0.1, 0.15) is 10.4 Å². The van der Waals surface area contributed by atoms with Gasteiger partial charge in [-0.2, -0.15) is 0 Å². The standard InChI is InChI=1S/C15H14BrNO2S/c1-17(11-4-3-5-12(9-11)19-2)15(18)13-7-6-10(16)8-14(13)20/h3-9,20H,1-2H3. The number of halogens is 1. The topological polar surface area (TPSA) is 29.5 Å². The first kappa shape index (κ1) is 14.9. The normalized spacial score (nSPS) is 10.2. The zero-order valence-corrected chi connectivity index (χ0v) is 13.6. The van der Waals surface area contributed by atoms with Gasteiger partial charge >= 0.3 is 0 Å². The Labute approximate surface area is 132 Å². The van der Waals surface area contributed by atoms with E-state index in [0.29, 0.717) is 16.2 Å². The van der Waals surface area contributed by atoms with E-state index in [0.717, 1.165) is 10.2 Å². The first-order valence-electron chi connectivity index (χ1n) is 5.93. The van der Waals surface area contributed by atoms with E-state index >= 15 is 0 Å². The molecule has 0 spiro atoms. The van der Waals surface area contributed by atoms with Crippen molar-refractivity contribution in [2.45, 2.75) is 4.90 Å². The van der Waals surface area contributed by atoms with Gasteiger partial charge in [0.2, 0.25) is 0 Å². The SMILES string of the molecule is COc1cccc(N(C)C(=O)c2ccc(Br)cc2S)c1. The lowest BCUT2D eigenvalue weighted by molar-refractivity contribution is 0.0990. The summed E-state index contributed by atoms with van der Waals surface area (Å²) < 4.78 is 6.06. The number of hydrogen-bond acceptors (Lipinski definition) is 3. The molecule has 5 heteroatoms. The van der Waals surface area contributed by atoms with Crippen LogP contribution in [0, 0.1) is 0 Å². The van der Waals surface area contributed by atoms with E-state index in [-0.39, 0.29) is 5.91 Å². The molecular formula is C15H14BrNO2S. The Bertz CT molecular complexity index is 646. The van der Waals surface area contributed by atoms with Crippen LogP contribution in [0.2, 0.25) is 0 Å². The quantitative estimate of drug-likeness (QED) is 0.846. The van der Waals surface area contributed by atoms with Crippen molar-refractivity contribution in [2.24, 2.45) is 0 Å². The molecule has 0 unspecified atom stereocenters. The third-order valence-corrected chi connectivity index (χ3v) is 3.80. The van der Waals surface area contributed by atoms with Crippen molar-refractivity contribution < 1.29 is 9.53 Å². The van der Waals surface area contributed by atoms with Crippen LogP contribution in [0.4, 0.5) is 5.69 Å². The number of rotatable bonds is 3.